The van der Waals surface area contributed by atoms with E-state index in [1.54, 1.807) is 36.4 Å². The molecule has 0 saturated heterocycles. The zero-order valence-corrected chi connectivity index (χ0v) is 24.4. The average molecular weight is 570 g/mol. The van der Waals surface area contributed by atoms with Crippen molar-refractivity contribution in [3.05, 3.63) is 94.5 Å². The number of halogens is 1. The Bertz CT molecular complexity index is 1390. The number of hydrogen-bond donors (Lipinski definition) is 1. The SMILES string of the molecule is CCCNC(=O)[C@@H](CC)N(Cc1ccccc1C)C(=O)CN(c1ccccc1Cl)S(=O)(=O)c1ccc(C)cc1. The summed E-state index contributed by atoms with van der Waals surface area (Å²) in [4.78, 5) is 28.7. The largest absolute Gasteiger partial charge is 0.354 e. The minimum atomic E-state index is -4.17. The summed E-state index contributed by atoms with van der Waals surface area (Å²) >= 11 is 6.45. The number of carbonyl (C=O) groups excluding carboxylic acids is 2. The van der Waals surface area contributed by atoms with Gasteiger partial charge in [-0.1, -0.05) is 79.5 Å². The number of rotatable bonds is 12. The second-order valence-electron chi connectivity index (χ2n) is 9.44. The molecule has 0 heterocycles. The topological polar surface area (TPSA) is 86.8 Å². The molecular formula is C30H36ClN3O4S. The number of aryl methyl sites for hydroxylation is 2. The van der Waals surface area contributed by atoms with E-state index in [-0.39, 0.29) is 28.1 Å². The first-order chi connectivity index (χ1) is 18.6. The molecule has 0 bridgehead atoms. The first kappa shape index (κ1) is 30.2. The molecule has 208 valence electrons. The number of nitrogens with one attached hydrogen (secondary N) is 1. The zero-order chi connectivity index (χ0) is 28.6. The van der Waals surface area contributed by atoms with Crippen LogP contribution in [0, 0.1) is 13.8 Å². The van der Waals surface area contributed by atoms with Gasteiger partial charge in [-0.3, -0.25) is 13.9 Å². The molecule has 0 unspecified atom stereocenters. The van der Waals surface area contributed by atoms with Gasteiger partial charge in [-0.25, -0.2) is 8.42 Å². The Morgan fingerprint density at radius 2 is 1.56 bits per heavy atom. The van der Waals surface area contributed by atoms with Crippen molar-refractivity contribution in [1.29, 1.82) is 0 Å². The average Bonchev–Trinajstić information content (AvgIpc) is 2.92. The van der Waals surface area contributed by atoms with Crippen LogP contribution in [-0.2, 0) is 26.2 Å². The second-order valence-corrected chi connectivity index (χ2v) is 11.7. The fourth-order valence-corrected chi connectivity index (χ4v) is 5.98. The maximum atomic E-state index is 14.1. The van der Waals surface area contributed by atoms with E-state index in [9.17, 15) is 18.0 Å². The predicted octanol–water partition coefficient (Wildman–Crippen LogP) is 5.49. The summed E-state index contributed by atoms with van der Waals surface area (Å²) in [7, 11) is -4.17. The molecule has 39 heavy (non-hydrogen) atoms. The van der Waals surface area contributed by atoms with Crippen LogP contribution >= 0.6 is 11.6 Å². The van der Waals surface area contributed by atoms with E-state index in [0.29, 0.717) is 13.0 Å². The second kappa shape index (κ2) is 13.6. The fraction of sp³-hybridized carbons (Fsp3) is 0.333. The lowest BCUT2D eigenvalue weighted by Crippen LogP contribution is -2.52. The Labute approximate surface area is 236 Å². The van der Waals surface area contributed by atoms with Gasteiger partial charge in [0.2, 0.25) is 11.8 Å². The van der Waals surface area contributed by atoms with Crippen molar-refractivity contribution in [2.24, 2.45) is 0 Å². The van der Waals surface area contributed by atoms with E-state index in [0.717, 1.165) is 27.4 Å². The third-order valence-electron chi connectivity index (χ3n) is 6.55. The molecular weight excluding hydrogens is 534 g/mol. The molecule has 3 rings (SSSR count). The highest BCUT2D eigenvalue weighted by atomic mass is 35.5. The first-order valence-electron chi connectivity index (χ1n) is 13.1. The van der Waals surface area contributed by atoms with Gasteiger partial charge < -0.3 is 10.2 Å². The summed E-state index contributed by atoms with van der Waals surface area (Å²) in [6, 6.07) is 19.8. The Hall–Kier alpha value is -3.36. The molecule has 0 aliphatic rings. The molecule has 2 amide bonds. The van der Waals surface area contributed by atoms with E-state index < -0.39 is 28.5 Å². The molecule has 0 spiro atoms. The normalized spacial score (nSPS) is 12.0. The highest BCUT2D eigenvalue weighted by Crippen LogP contribution is 2.31. The molecule has 7 nitrogen and oxygen atoms in total. The van der Waals surface area contributed by atoms with E-state index in [4.69, 9.17) is 11.6 Å². The molecule has 3 aromatic rings. The number of nitrogens with zero attached hydrogens (tertiary/aromatic N) is 2. The van der Waals surface area contributed by atoms with Crippen molar-refractivity contribution in [1.82, 2.24) is 10.2 Å². The van der Waals surface area contributed by atoms with Crippen molar-refractivity contribution in [3.63, 3.8) is 0 Å². The molecule has 0 saturated carbocycles. The van der Waals surface area contributed by atoms with E-state index >= 15 is 0 Å². The standard InChI is InChI=1S/C30H36ClN3O4S/c1-5-19-32-30(36)27(6-2)33(20-24-12-8-7-11-23(24)4)29(35)21-34(28-14-10-9-13-26(28)31)39(37,38)25-17-15-22(3)16-18-25/h7-18,27H,5-6,19-21H2,1-4H3,(H,32,36)/t27-/m1/s1. The molecule has 3 aromatic carbocycles. The van der Waals surface area contributed by atoms with Gasteiger partial charge in [0, 0.05) is 13.1 Å². The first-order valence-corrected chi connectivity index (χ1v) is 14.9. The number of sulfonamides is 1. The van der Waals surface area contributed by atoms with Gasteiger partial charge >= 0.3 is 0 Å². The van der Waals surface area contributed by atoms with Crippen LogP contribution in [0.15, 0.2) is 77.7 Å². The molecule has 0 aromatic heterocycles. The van der Waals surface area contributed by atoms with E-state index in [1.807, 2.05) is 52.0 Å². The smallest absolute Gasteiger partial charge is 0.264 e. The van der Waals surface area contributed by atoms with Crippen molar-refractivity contribution in [3.8, 4) is 0 Å². The fourth-order valence-electron chi connectivity index (χ4n) is 4.26. The Morgan fingerprint density at radius 1 is 0.923 bits per heavy atom. The molecule has 0 fully saturated rings. The number of anilines is 1. The number of amides is 2. The van der Waals surface area contributed by atoms with E-state index in [2.05, 4.69) is 5.32 Å². The van der Waals surface area contributed by atoms with E-state index in [1.165, 1.54) is 17.0 Å². The van der Waals surface area contributed by atoms with Crippen LogP contribution in [0.25, 0.3) is 0 Å². The van der Waals surface area contributed by atoms with Gasteiger partial charge in [0.25, 0.3) is 10.0 Å². The lowest BCUT2D eigenvalue weighted by molar-refractivity contribution is -0.140. The van der Waals surface area contributed by atoms with Crippen LogP contribution in [0.3, 0.4) is 0 Å². The van der Waals surface area contributed by atoms with Gasteiger partial charge in [-0.05, 0) is 62.1 Å². The van der Waals surface area contributed by atoms with Crippen LogP contribution in [0.5, 0.6) is 0 Å². The van der Waals surface area contributed by atoms with Gasteiger partial charge in [-0.15, -0.1) is 0 Å². The summed E-state index contributed by atoms with van der Waals surface area (Å²) in [6.45, 7) is 7.71. The maximum absolute atomic E-state index is 14.1. The predicted molar refractivity (Wildman–Crippen MR) is 156 cm³/mol. The van der Waals surface area contributed by atoms with Crippen LogP contribution in [0.2, 0.25) is 5.02 Å². The minimum Gasteiger partial charge on any atom is -0.354 e. The quantitative estimate of drug-likeness (QED) is 0.313. The molecule has 1 N–H and O–H groups in total. The van der Waals surface area contributed by atoms with Crippen molar-refractivity contribution < 1.29 is 18.0 Å². The van der Waals surface area contributed by atoms with Gasteiger partial charge in [0.1, 0.15) is 12.6 Å². The number of carbonyl (C=O) groups is 2. The van der Waals surface area contributed by atoms with Crippen LogP contribution in [0.1, 0.15) is 43.4 Å². The highest BCUT2D eigenvalue weighted by molar-refractivity contribution is 7.92. The minimum absolute atomic E-state index is 0.0407. The third-order valence-corrected chi connectivity index (χ3v) is 8.64. The van der Waals surface area contributed by atoms with Gasteiger partial charge in [0.15, 0.2) is 0 Å². The Balaban J connectivity index is 2.07. The van der Waals surface area contributed by atoms with Gasteiger partial charge in [-0.2, -0.15) is 0 Å². The zero-order valence-electron chi connectivity index (χ0n) is 22.9. The Kier molecular flexibility index (Phi) is 10.5. The van der Waals surface area contributed by atoms with Crippen LogP contribution < -0.4 is 9.62 Å². The van der Waals surface area contributed by atoms with Gasteiger partial charge in [0.05, 0.1) is 15.6 Å². The highest BCUT2D eigenvalue weighted by Gasteiger charge is 2.34. The molecule has 9 heteroatoms. The van der Waals surface area contributed by atoms with Crippen LogP contribution in [-0.4, -0.2) is 44.3 Å². The third kappa shape index (κ3) is 7.40. The molecule has 0 aliphatic carbocycles. The molecule has 1 atom stereocenters. The maximum Gasteiger partial charge on any atom is 0.264 e. The summed E-state index contributed by atoms with van der Waals surface area (Å²) in [5.74, 6) is -0.778. The lowest BCUT2D eigenvalue weighted by Gasteiger charge is -2.33. The summed E-state index contributed by atoms with van der Waals surface area (Å²) < 4.78 is 28.8. The lowest BCUT2D eigenvalue weighted by atomic mass is 10.1. The molecule has 0 aliphatic heterocycles. The molecule has 0 radical (unpaired) electrons. The monoisotopic (exact) mass is 569 g/mol. The van der Waals surface area contributed by atoms with Crippen molar-refractivity contribution in [2.75, 3.05) is 17.4 Å². The van der Waals surface area contributed by atoms with Crippen molar-refractivity contribution in [2.45, 2.75) is 58.0 Å². The number of benzene rings is 3. The Morgan fingerprint density at radius 3 is 2.18 bits per heavy atom. The summed E-state index contributed by atoms with van der Waals surface area (Å²) in [6.07, 6.45) is 1.12. The summed E-state index contributed by atoms with van der Waals surface area (Å²) in [5.41, 5.74) is 2.93. The van der Waals surface area contributed by atoms with Crippen molar-refractivity contribution >= 4 is 39.1 Å². The number of para-hydroxylation sites is 1. The van der Waals surface area contributed by atoms with Crippen LogP contribution in [0.4, 0.5) is 5.69 Å². The number of hydrogen-bond acceptors (Lipinski definition) is 4. The summed E-state index contributed by atoms with van der Waals surface area (Å²) in [5, 5.41) is 3.08.